The molecule has 0 unspecified atom stereocenters. The first kappa shape index (κ1) is 12.5. The lowest BCUT2D eigenvalue weighted by molar-refractivity contribution is 0.252. The fraction of sp³-hybridized carbons (Fsp3) is 0.286. The van der Waals surface area contributed by atoms with Crippen LogP contribution in [0.2, 0.25) is 0 Å². The van der Waals surface area contributed by atoms with Crippen LogP contribution in [-0.4, -0.2) is 27.4 Å². The molecule has 0 atom stereocenters. The molecule has 82 valence electrons. The van der Waals surface area contributed by atoms with E-state index < -0.39 is 10.9 Å². The standard InChI is InChI=1S/C7H7BrCl2N4O/c8-4-1-12-6(3-11-4)14-7(15)13-2-5(9)10/h1,3,5H,2H2,(H2,12,13,14,15). The minimum absolute atomic E-state index is 0.166. The first-order chi connectivity index (χ1) is 7.08. The van der Waals surface area contributed by atoms with Crippen molar-refractivity contribution in [3.8, 4) is 0 Å². The van der Waals surface area contributed by atoms with Gasteiger partial charge in [0.15, 0.2) is 5.82 Å². The zero-order valence-electron chi connectivity index (χ0n) is 7.38. The third-order valence-electron chi connectivity index (χ3n) is 1.28. The molecule has 0 bridgehead atoms. The van der Waals surface area contributed by atoms with Crippen LogP contribution in [-0.2, 0) is 0 Å². The van der Waals surface area contributed by atoms with E-state index in [2.05, 4.69) is 36.5 Å². The SMILES string of the molecule is O=C(NCC(Cl)Cl)Nc1cnc(Br)cn1. The van der Waals surface area contributed by atoms with Crippen molar-refractivity contribution in [2.24, 2.45) is 0 Å². The molecule has 0 aliphatic carbocycles. The molecule has 0 saturated heterocycles. The van der Waals surface area contributed by atoms with Crippen LogP contribution >= 0.6 is 39.1 Å². The van der Waals surface area contributed by atoms with Gasteiger partial charge in [0.1, 0.15) is 9.44 Å². The van der Waals surface area contributed by atoms with Gasteiger partial charge in [-0.2, -0.15) is 0 Å². The van der Waals surface area contributed by atoms with Crippen LogP contribution in [0, 0.1) is 0 Å². The number of carbonyl (C=O) groups is 1. The number of nitrogens with one attached hydrogen (secondary N) is 2. The Morgan fingerprint density at radius 3 is 2.73 bits per heavy atom. The Labute approximate surface area is 105 Å². The number of urea groups is 1. The Kier molecular flexibility index (Phi) is 5.07. The Balaban J connectivity index is 2.41. The molecule has 1 heterocycles. The lowest BCUT2D eigenvalue weighted by Gasteiger charge is -2.06. The molecule has 0 aliphatic heterocycles. The maximum atomic E-state index is 11.2. The van der Waals surface area contributed by atoms with E-state index in [0.717, 1.165) is 0 Å². The molecular formula is C7H7BrCl2N4O. The van der Waals surface area contributed by atoms with Crippen molar-refractivity contribution in [2.45, 2.75) is 4.84 Å². The maximum Gasteiger partial charge on any atom is 0.320 e. The number of hydrogen-bond acceptors (Lipinski definition) is 3. The summed E-state index contributed by atoms with van der Waals surface area (Å²) in [5.74, 6) is 0.344. The average Bonchev–Trinajstić information content (AvgIpc) is 2.19. The summed E-state index contributed by atoms with van der Waals surface area (Å²) >= 11 is 14.0. The van der Waals surface area contributed by atoms with Crippen molar-refractivity contribution in [1.29, 1.82) is 0 Å². The van der Waals surface area contributed by atoms with Crippen LogP contribution in [0.5, 0.6) is 0 Å². The number of nitrogens with zero attached hydrogens (tertiary/aromatic N) is 2. The fourth-order valence-electron chi connectivity index (χ4n) is 0.707. The van der Waals surface area contributed by atoms with Gasteiger partial charge in [0.05, 0.1) is 12.4 Å². The number of halogens is 3. The topological polar surface area (TPSA) is 66.9 Å². The molecule has 15 heavy (non-hydrogen) atoms. The summed E-state index contributed by atoms with van der Waals surface area (Å²) in [7, 11) is 0. The zero-order chi connectivity index (χ0) is 11.3. The van der Waals surface area contributed by atoms with Gasteiger partial charge in [0.25, 0.3) is 0 Å². The van der Waals surface area contributed by atoms with E-state index in [1.165, 1.54) is 12.4 Å². The fourth-order valence-corrected chi connectivity index (χ4v) is 1.07. The van der Waals surface area contributed by atoms with Crippen molar-refractivity contribution in [3.63, 3.8) is 0 Å². The Bertz CT molecular complexity index is 332. The third-order valence-corrected chi connectivity index (χ3v) is 2.00. The minimum atomic E-state index is -0.633. The summed E-state index contributed by atoms with van der Waals surface area (Å²) in [4.78, 5) is 18.3. The quantitative estimate of drug-likeness (QED) is 0.840. The molecular weight excluding hydrogens is 307 g/mol. The highest BCUT2D eigenvalue weighted by Gasteiger charge is 2.04. The predicted octanol–water partition coefficient (Wildman–Crippen LogP) is 2.16. The van der Waals surface area contributed by atoms with E-state index in [-0.39, 0.29) is 6.54 Å². The first-order valence-corrected chi connectivity index (χ1v) is 5.55. The van der Waals surface area contributed by atoms with Gasteiger partial charge in [0, 0.05) is 6.54 Å². The molecule has 2 N–H and O–H groups in total. The molecule has 0 fully saturated rings. The molecule has 1 rings (SSSR count). The number of alkyl halides is 2. The van der Waals surface area contributed by atoms with Crippen LogP contribution in [0.1, 0.15) is 0 Å². The summed E-state index contributed by atoms with van der Waals surface area (Å²) in [5.41, 5.74) is 0. The van der Waals surface area contributed by atoms with Gasteiger partial charge in [0.2, 0.25) is 0 Å². The van der Waals surface area contributed by atoms with Crippen molar-refractivity contribution >= 4 is 51.0 Å². The first-order valence-electron chi connectivity index (χ1n) is 3.88. The number of aromatic nitrogens is 2. The smallest absolute Gasteiger partial charge is 0.320 e. The molecule has 0 aliphatic rings. The van der Waals surface area contributed by atoms with Crippen LogP contribution in [0.15, 0.2) is 17.0 Å². The maximum absolute atomic E-state index is 11.2. The van der Waals surface area contributed by atoms with Gasteiger partial charge in [-0.1, -0.05) is 0 Å². The zero-order valence-corrected chi connectivity index (χ0v) is 10.5. The number of anilines is 1. The van der Waals surface area contributed by atoms with Gasteiger partial charge in [-0.05, 0) is 15.9 Å². The Morgan fingerprint density at radius 1 is 1.47 bits per heavy atom. The normalized spacial score (nSPS) is 10.1. The molecule has 1 aromatic heterocycles. The van der Waals surface area contributed by atoms with E-state index in [0.29, 0.717) is 10.4 Å². The van der Waals surface area contributed by atoms with E-state index in [9.17, 15) is 4.79 Å². The second kappa shape index (κ2) is 6.09. The molecule has 1 aromatic rings. The number of rotatable bonds is 3. The van der Waals surface area contributed by atoms with Crippen LogP contribution < -0.4 is 10.6 Å². The second-order valence-corrected chi connectivity index (χ2v) is 4.54. The molecule has 2 amide bonds. The molecule has 0 spiro atoms. The lowest BCUT2D eigenvalue weighted by atomic mass is 10.6. The summed E-state index contributed by atoms with van der Waals surface area (Å²) in [6, 6.07) is -0.432. The highest BCUT2D eigenvalue weighted by atomic mass is 79.9. The highest BCUT2D eigenvalue weighted by Crippen LogP contribution is 2.05. The van der Waals surface area contributed by atoms with Gasteiger partial charge in [-0.25, -0.2) is 14.8 Å². The molecule has 8 heteroatoms. The lowest BCUT2D eigenvalue weighted by Crippen LogP contribution is -2.32. The van der Waals surface area contributed by atoms with E-state index in [1.54, 1.807) is 0 Å². The van der Waals surface area contributed by atoms with Gasteiger partial charge in [-0.3, -0.25) is 5.32 Å². The number of hydrogen-bond donors (Lipinski definition) is 2. The molecule has 0 aromatic carbocycles. The monoisotopic (exact) mass is 312 g/mol. The largest absolute Gasteiger partial charge is 0.335 e. The number of carbonyl (C=O) groups excluding carboxylic acids is 1. The van der Waals surface area contributed by atoms with Crippen LogP contribution in [0.4, 0.5) is 10.6 Å². The van der Waals surface area contributed by atoms with E-state index >= 15 is 0 Å². The van der Waals surface area contributed by atoms with Gasteiger partial charge < -0.3 is 5.32 Å². The summed E-state index contributed by atoms with van der Waals surface area (Å²) in [6.45, 7) is 0.166. The van der Waals surface area contributed by atoms with Gasteiger partial charge >= 0.3 is 6.03 Å². The Hall–Kier alpha value is -0.590. The highest BCUT2D eigenvalue weighted by molar-refractivity contribution is 9.10. The van der Waals surface area contributed by atoms with Crippen LogP contribution in [0.3, 0.4) is 0 Å². The minimum Gasteiger partial charge on any atom is -0.335 e. The predicted molar refractivity (Wildman–Crippen MR) is 62.2 cm³/mol. The summed E-state index contributed by atoms with van der Waals surface area (Å²) in [6.07, 6.45) is 2.89. The van der Waals surface area contributed by atoms with Crippen molar-refractivity contribution < 1.29 is 4.79 Å². The summed E-state index contributed by atoms with van der Waals surface area (Å²) < 4.78 is 0.593. The second-order valence-electron chi connectivity index (χ2n) is 2.45. The summed E-state index contributed by atoms with van der Waals surface area (Å²) in [5, 5.41) is 4.91. The van der Waals surface area contributed by atoms with Crippen molar-refractivity contribution in [2.75, 3.05) is 11.9 Å². The third kappa shape index (κ3) is 5.15. The molecule has 0 radical (unpaired) electrons. The number of amides is 2. The van der Waals surface area contributed by atoms with E-state index in [1.807, 2.05) is 0 Å². The van der Waals surface area contributed by atoms with Crippen LogP contribution in [0.25, 0.3) is 0 Å². The molecule has 0 saturated carbocycles. The van der Waals surface area contributed by atoms with Gasteiger partial charge in [-0.15, -0.1) is 23.2 Å². The Morgan fingerprint density at radius 2 is 2.20 bits per heavy atom. The average molecular weight is 314 g/mol. The van der Waals surface area contributed by atoms with E-state index in [4.69, 9.17) is 23.2 Å². The molecule has 5 nitrogen and oxygen atoms in total. The van der Waals surface area contributed by atoms with Crippen molar-refractivity contribution in [1.82, 2.24) is 15.3 Å². The van der Waals surface area contributed by atoms with Crippen molar-refractivity contribution in [3.05, 3.63) is 17.0 Å².